The number of halogens is 1. The molecule has 0 N–H and O–H groups in total. The maximum absolute atomic E-state index is 4.52. The lowest BCUT2D eigenvalue weighted by molar-refractivity contribution is 0.574. The molecule has 2 heterocycles. The molecule has 108 valence electrons. The van der Waals surface area contributed by atoms with Gasteiger partial charge in [-0.2, -0.15) is 10.2 Å². The lowest BCUT2D eigenvalue weighted by Crippen LogP contribution is -2.08. The van der Waals surface area contributed by atoms with Crippen LogP contribution in [0.3, 0.4) is 0 Å². The van der Waals surface area contributed by atoms with Gasteiger partial charge in [0.15, 0.2) is 0 Å². The third kappa shape index (κ3) is 2.78. The summed E-state index contributed by atoms with van der Waals surface area (Å²) in [5, 5.41) is 8.99. The minimum absolute atomic E-state index is 0.710. The van der Waals surface area contributed by atoms with Crippen LogP contribution in [0.15, 0.2) is 47.2 Å². The molecule has 0 spiro atoms. The van der Waals surface area contributed by atoms with Crippen LogP contribution in [0.1, 0.15) is 18.3 Å². The molecule has 3 rings (SSSR count). The molecule has 0 radical (unpaired) electrons. The molecule has 0 unspecified atom stereocenters. The average molecular weight is 345 g/mol. The van der Waals surface area contributed by atoms with Crippen LogP contribution >= 0.6 is 15.9 Å². The topological polar surface area (TPSA) is 35.6 Å². The van der Waals surface area contributed by atoms with Gasteiger partial charge in [-0.05, 0) is 35.3 Å². The predicted octanol–water partition coefficient (Wildman–Crippen LogP) is 3.89. The zero-order valence-corrected chi connectivity index (χ0v) is 13.7. The van der Waals surface area contributed by atoms with E-state index in [4.69, 9.17) is 0 Å². The molecule has 0 amide bonds. The molecule has 5 heteroatoms. The normalized spacial score (nSPS) is 11.0. The monoisotopic (exact) mass is 344 g/mol. The van der Waals surface area contributed by atoms with Crippen molar-refractivity contribution in [1.82, 2.24) is 19.6 Å². The molecule has 1 aromatic carbocycles. The van der Waals surface area contributed by atoms with Crippen molar-refractivity contribution in [3.05, 3.63) is 58.6 Å². The molecular weight excluding hydrogens is 328 g/mol. The fourth-order valence-corrected chi connectivity index (χ4v) is 2.81. The van der Waals surface area contributed by atoms with Gasteiger partial charge in [-0.1, -0.05) is 30.3 Å². The first-order valence-corrected chi connectivity index (χ1v) is 7.78. The third-order valence-corrected chi connectivity index (χ3v) is 4.54. The number of hydrogen-bond donors (Lipinski definition) is 0. The van der Waals surface area contributed by atoms with Gasteiger partial charge in [0.1, 0.15) is 0 Å². The van der Waals surface area contributed by atoms with E-state index in [1.165, 1.54) is 5.56 Å². The number of nitrogens with zero attached hydrogens (tertiary/aromatic N) is 4. The molecule has 2 aromatic heterocycles. The van der Waals surface area contributed by atoms with Crippen LogP contribution in [0, 0.1) is 6.92 Å². The quantitative estimate of drug-likeness (QED) is 0.719. The molecule has 0 aliphatic heterocycles. The molecule has 0 bridgehead atoms. The van der Waals surface area contributed by atoms with E-state index in [0.717, 1.165) is 28.0 Å². The molecule has 21 heavy (non-hydrogen) atoms. The average Bonchev–Trinajstić information content (AvgIpc) is 3.08. The minimum atomic E-state index is 0.710. The molecule has 3 aromatic rings. The summed E-state index contributed by atoms with van der Waals surface area (Å²) in [5.74, 6) is 0. The second-order valence-electron chi connectivity index (χ2n) is 4.95. The van der Waals surface area contributed by atoms with Crippen molar-refractivity contribution in [3.63, 3.8) is 0 Å². The smallest absolute Gasteiger partial charge is 0.0840 e. The van der Waals surface area contributed by atoms with Gasteiger partial charge in [0.25, 0.3) is 0 Å². The maximum atomic E-state index is 4.52. The first-order chi connectivity index (χ1) is 10.2. The third-order valence-electron chi connectivity index (χ3n) is 3.50. The Balaban J connectivity index is 1.89. The summed E-state index contributed by atoms with van der Waals surface area (Å²) in [6.07, 6.45) is 3.98. The number of hydrogen-bond acceptors (Lipinski definition) is 2. The number of benzene rings is 1. The lowest BCUT2D eigenvalue weighted by atomic mass is 10.1. The van der Waals surface area contributed by atoms with Crippen molar-refractivity contribution < 1.29 is 0 Å². The standard InChI is InChI=1S/C16H17BrN4/c1-3-21-15(16(17)12(2)19-21)11-20-10-14(9-18-20)13-7-5-4-6-8-13/h4-10H,3,11H2,1-2H3. The zero-order valence-electron chi connectivity index (χ0n) is 12.1. The van der Waals surface area contributed by atoms with Gasteiger partial charge in [0.05, 0.1) is 28.6 Å². The molecule has 0 fully saturated rings. The fourth-order valence-electron chi connectivity index (χ4n) is 2.40. The number of rotatable bonds is 4. The zero-order chi connectivity index (χ0) is 14.8. The molecule has 0 aliphatic rings. The Kier molecular flexibility index (Phi) is 3.92. The Morgan fingerprint density at radius 2 is 1.90 bits per heavy atom. The van der Waals surface area contributed by atoms with E-state index in [1.807, 2.05) is 40.7 Å². The van der Waals surface area contributed by atoms with Crippen molar-refractivity contribution in [2.24, 2.45) is 0 Å². The van der Waals surface area contributed by atoms with Gasteiger partial charge < -0.3 is 0 Å². The summed E-state index contributed by atoms with van der Waals surface area (Å²) in [5.41, 5.74) is 4.48. The summed E-state index contributed by atoms with van der Waals surface area (Å²) in [6.45, 7) is 5.68. The van der Waals surface area contributed by atoms with Crippen LogP contribution in [0.25, 0.3) is 11.1 Å². The SMILES string of the molecule is CCn1nc(C)c(Br)c1Cn1cc(-c2ccccc2)cn1. The molecule has 0 aliphatic carbocycles. The van der Waals surface area contributed by atoms with Gasteiger partial charge >= 0.3 is 0 Å². The summed E-state index contributed by atoms with van der Waals surface area (Å²) in [6, 6.07) is 10.3. The Hall–Kier alpha value is -1.88. The van der Waals surface area contributed by atoms with E-state index < -0.39 is 0 Å². The predicted molar refractivity (Wildman–Crippen MR) is 87.1 cm³/mol. The van der Waals surface area contributed by atoms with E-state index >= 15 is 0 Å². The Morgan fingerprint density at radius 3 is 2.62 bits per heavy atom. The molecule has 0 saturated heterocycles. The highest BCUT2D eigenvalue weighted by Gasteiger charge is 2.13. The van der Waals surface area contributed by atoms with Crippen LogP contribution in [-0.2, 0) is 13.1 Å². The van der Waals surface area contributed by atoms with Crippen LogP contribution < -0.4 is 0 Å². The maximum Gasteiger partial charge on any atom is 0.0840 e. The van der Waals surface area contributed by atoms with E-state index in [9.17, 15) is 0 Å². The molecular formula is C16H17BrN4. The van der Waals surface area contributed by atoms with Crippen molar-refractivity contribution in [3.8, 4) is 11.1 Å². The van der Waals surface area contributed by atoms with Crippen molar-refractivity contribution in [2.75, 3.05) is 0 Å². The fraction of sp³-hybridized carbons (Fsp3) is 0.250. The second kappa shape index (κ2) is 5.85. The van der Waals surface area contributed by atoms with Crippen LogP contribution in [0.2, 0.25) is 0 Å². The van der Waals surface area contributed by atoms with E-state index in [2.05, 4.69) is 51.4 Å². The van der Waals surface area contributed by atoms with Gasteiger partial charge in [0.2, 0.25) is 0 Å². The summed E-state index contributed by atoms with van der Waals surface area (Å²) in [7, 11) is 0. The minimum Gasteiger partial charge on any atom is -0.267 e. The van der Waals surface area contributed by atoms with Gasteiger partial charge in [0, 0.05) is 18.3 Å². The summed E-state index contributed by atoms with van der Waals surface area (Å²) < 4.78 is 5.04. The Bertz CT molecular complexity index is 743. The first-order valence-electron chi connectivity index (χ1n) is 6.98. The highest BCUT2D eigenvalue weighted by atomic mass is 79.9. The van der Waals surface area contributed by atoms with Gasteiger partial charge in [-0.3, -0.25) is 9.36 Å². The van der Waals surface area contributed by atoms with E-state index in [1.54, 1.807) is 0 Å². The van der Waals surface area contributed by atoms with Crippen molar-refractivity contribution in [1.29, 1.82) is 0 Å². The highest BCUT2D eigenvalue weighted by Crippen LogP contribution is 2.23. The van der Waals surface area contributed by atoms with Crippen molar-refractivity contribution in [2.45, 2.75) is 26.9 Å². The van der Waals surface area contributed by atoms with Gasteiger partial charge in [-0.15, -0.1) is 0 Å². The van der Waals surface area contributed by atoms with Crippen molar-refractivity contribution >= 4 is 15.9 Å². The summed E-state index contributed by atoms with van der Waals surface area (Å²) in [4.78, 5) is 0. The molecule has 0 saturated carbocycles. The second-order valence-corrected chi connectivity index (χ2v) is 5.75. The largest absolute Gasteiger partial charge is 0.267 e. The number of aromatic nitrogens is 4. The lowest BCUT2D eigenvalue weighted by Gasteiger charge is -2.05. The van der Waals surface area contributed by atoms with Crippen LogP contribution in [0.5, 0.6) is 0 Å². The van der Waals surface area contributed by atoms with Gasteiger partial charge in [-0.25, -0.2) is 0 Å². The first kappa shape index (κ1) is 14.1. The summed E-state index contributed by atoms with van der Waals surface area (Å²) >= 11 is 3.63. The highest BCUT2D eigenvalue weighted by molar-refractivity contribution is 9.10. The molecule has 4 nitrogen and oxygen atoms in total. The Labute approximate surface area is 132 Å². The van der Waals surface area contributed by atoms with E-state index in [0.29, 0.717) is 6.54 Å². The molecule has 0 atom stereocenters. The van der Waals surface area contributed by atoms with E-state index in [-0.39, 0.29) is 0 Å². The van der Waals surface area contributed by atoms with Crippen LogP contribution in [0.4, 0.5) is 0 Å². The van der Waals surface area contributed by atoms with Crippen LogP contribution in [-0.4, -0.2) is 19.6 Å². The number of aryl methyl sites for hydroxylation is 2. The Morgan fingerprint density at radius 1 is 1.14 bits per heavy atom.